The second-order valence-electron chi connectivity index (χ2n) is 6.91. The zero-order chi connectivity index (χ0) is 14.6. The van der Waals surface area contributed by atoms with Crippen LogP contribution in [-0.4, -0.2) is 66.8 Å². The molecule has 2 aliphatic rings. The normalized spacial score (nSPS) is 25.6. The van der Waals surface area contributed by atoms with Gasteiger partial charge in [0.15, 0.2) is 0 Å². The number of hydrogen-bond acceptors (Lipinski definition) is 4. The average molecular weight is 283 g/mol. The molecule has 0 saturated carbocycles. The number of rotatable bonds is 2. The Labute approximate surface area is 122 Å². The van der Waals surface area contributed by atoms with E-state index in [1.54, 1.807) is 0 Å². The van der Waals surface area contributed by atoms with Crippen molar-refractivity contribution in [3.05, 3.63) is 0 Å². The first-order chi connectivity index (χ1) is 9.44. The van der Waals surface area contributed by atoms with E-state index in [1.807, 2.05) is 25.7 Å². The van der Waals surface area contributed by atoms with Gasteiger partial charge in [0.2, 0.25) is 0 Å². The standard InChI is InChI=1S/C15H29N3O2/c1-15(2,3)20-14(19)18-10-8-17(9-11-18)12-13-6-4-5-7-16-13/h13,16H,4-12H2,1-3H3/t13-/m1/s1. The maximum absolute atomic E-state index is 12.0. The number of amides is 1. The van der Waals surface area contributed by atoms with Crippen LogP contribution in [-0.2, 0) is 4.74 Å². The van der Waals surface area contributed by atoms with Crippen molar-refractivity contribution in [1.29, 1.82) is 0 Å². The van der Waals surface area contributed by atoms with Crippen LogP contribution in [0.3, 0.4) is 0 Å². The minimum absolute atomic E-state index is 0.173. The van der Waals surface area contributed by atoms with E-state index in [9.17, 15) is 4.79 Å². The lowest BCUT2D eigenvalue weighted by Crippen LogP contribution is -2.53. The Kier molecular flexibility index (Phi) is 5.27. The van der Waals surface area contributed by atoms with Crippen LogP contribution < -0.4 is 5.32 Å². The summed E-state index contributed by atoms with van der Waals surface area (Å²) in [5.74, 6) is 0. The predicted molar refractivity (Wildman–Crippen MR) is 79.9 cm³/mol. The van der Waals surface area contributed by atoms with Crippen molar-refractivity contribution in [2.45, 2.75) is 51.7 Å². The van der Waals surface area contributed by atoms with E-state index in [1.165, 1.54) is 19.3 Å². The van der Waals surface area contributed by atoms with E-state index >= 15 is 0 Å². The number of nitrogens with zero attached hydrogens (tertiary/aromatic N) is 2. The van der Waals surface area contributed by atoms with Crippen LogP contribution in [0.5, 0.6) is 0 Å². The number of piperidine rings is 1. The Balaban J connectivity index is 1.70. The molecule has 0 radical (unpaired) electrons. The maximum Gasteiger partial charge on any atom is 0.410 e. The minimum Gasteiger partial charge on any atom is -0.444 e. The Bertz CT molecular complexity index is 314. The summed E-state index contributed by atoms with van der Waals surface area (Å²) in [5, 5.41) is 3.58. The van der Waals surface area contributed by atoms with Gasteiger partial charge in [0.1, 0.15) is 5.60 Å². The third kappa shape index (κ3) is 4.94. The van der Waals surface area contributed by atoms with E-state index in [0.717, 1.165) is 39.3 Å². The fourth-order valence-corrected chi connectivity index (χ4v) is 2.83. The summed E-state index contributed by atoms with van der Waals surface area (Å²) in [4.78, 5) is 16.3. The molecule has 2 saturated heterocycles. The Hall–Kier alpha value is -0.810. The molecule has 0 aromatic heterocycles. The van der Waals surface area contributed by atoms with Gasteiger partial charge in [-0.1, -0.05) is 6.42 Å². The van der Waals surface area contributed by atoms with E-state index in [0.29, 0.717) is 6.04 Å². The fraction of sp³-hybridized carbons (Fsp3) is 0.933. The van der Waals surface area contributed by atoms with Gasteiger partial charge in [0.25, 0.3) is 0 Å². The van der Waals surface area contributed by atoms with Crippen LogP contribution in [0.4, 0.5) is 4.79 Å². The first kappa shape index (κ1) is 15.6. The molecular weight excluding hydrogens is 254 g/mol. The highest BCUT2D eigenvalue weighted by Gasteiger charge is 2.26. The highest BCUT2D eigenvalue weighted by Crippen LogP contribution is 2.13. The topological polar surface area (TPSA) is 44.8 Å². The quantitative estimate of drug-likeness (QED) is 0.837. The summed E-state index contributed by atoms with van der Waals surface area (Å²) >= 11 is 0. The molecule has 2 heterocycles. The second-order valence-corrected chi connectivity index (χ2v) is 6.91. The van der Waals surface area contributed by atoms with E-state index < -0.39 is 5.60 Å². The molecule has 0 aliphatic carbocycles. The van der Waals surface area contributed by atoms with Gasteiger partial charge in [-0.3, -0.25) is 4.90 Å². The van der Waals surface area contributed by atoms with Crippen molar-refractivity contribution in [1.82, 2.24) is 15.1 Å². The summed E-state index contributed by atoms with van der Waals surface area (Å²) in [5.41, 5.74) is -0.403. The molecule has 0 bridgehead atoms. The molecule has 0 spiro atoms. The smallest absolute Gasteiger partial charge is 0.410 e. The van der Waals surface area contributed by atoms with E-state index in [2.05, 4.69) is 10.2 Å². The van der Waals surface area contributed by atoms with Crippen molar-refractivity contribution in [3.8, 4) is 0 Å². The lowest BCUT2D eigenvalue weighted by molar-refractivity contribution is 0.0136. The molecule has 2 aliphatic heterocycles. The lowest BCUT2D eigenvalue weighted by Gasteiger charge is -2.37. The number of carbonyl (C=O) groups is 1. The minimum atomic E-state index is -0.403. The summed E-state index contributed by atoms with van der Waals surface area (Å²) in [7, 11) is 0. The second kappa shape index (κ2) is 6.76. The zero-order valence-electron chi connectivity index (χ0n) is 13.2. The van der Waals surface area contributed by atoms with Crippen molar-refractivity contribution >= 4 is 6.09 Å². The fourth-order valence-electron chi connectivity index (χ4n) is 2.83. The molecule has 0 aromatic rings. The van der Waals surface area contributed by atoms with Crippen molar-refractivity contribution in [3.63, 3.8) is 0 Å². The third-order valence-electron chi connectivity index (χ3n) is 3.91. The molecular formula is C15H29N3O2. The number of hydrogen-bond donors (Lipinski definition) is 1. The average Bonchev–Trinajstić information content (AvgIpc) is 2.39. The summed E-state index contributed by atoms with van der Waals surface area (Å²) in [6, 6.07) is 0.636. The Morgan fingerprint density at radius 3 is 2.45 bits per heavy atom. The van der Waals surface area contributed by atoms with Gasteiger partial charge in [-0.05, 0) is 40.2 Å². The summed E-state index contributed by atoms with van der Waals surface area (Å²) in [6.45, 7) is 11.5. The third-order valence-corrected chi connectivity index (χ3v) is 3.91. The monoisotopic (exact) mass is 283 g/mol. The van der Waals surface area contributed by atoms with Crippen LogP contribution in [0.1, 0.15) is 40.0 Å². The van der Waals surface area contributed by atoms with E-state index in [4.69, 9.17) is 4.74 Å². The van der Waals surface area contributed by atoms with Crippen LogP contribution in [0.15, 0.2) is 0 Å². The summed E-state index contributed by atoms with van der Waals surface area (Å²) < 4.78 is 5.42. The first-order valence-electron chi connectivity index (χ1n) is 7.88. The maximum atomic E-state index is 12.0. The van der Waals surface area contributed by atoms with Crippen LogP contribution >= 0.6 is 0 Å². The molecule has 5 nitrogen and oxygen atoms in total. The van der Waals surface area contributed by atoms with Gasteiger partial charge in [-0.2, -0.15) is 0 Å². The zero-order valence-corrected chi connectivity index (χ0v) is 13.2. The molecule has 1 N–H and O–H groups in total. The van der Waals surface area contributed by atoms with Crippen molar-refractivity contribution in [2.24, 2.45) is 0 Å². The number of carbonyl (C=O) groups excluding carboxylic acids is 1. The van der Waals surface area contributed by atoms with Gasteiger partial charge in [-0.25, -0.2) is 4.79 Å². The highest BCUT2D eigenvalue weighted by molar-refractivity contribution is 5.68. The van der Waals surface area contributed by atoms with Gasteiger partial charge >= 0.3 is 6.09 Å². The molecule has 1 atom stereocenters. The number of piperazine rings is 1. The van der Waals surface area contributed by atoms with Crippen LogP contribution in [0, 0.1) is 0 Å². The number of nitrogens with one attached hydrogen (secondary N) is 1. The predicted octanol–water partition coefficient (Wildman–Crippen LogP) is 1.68. The molecule has 2 fully saturated rings. The molecule has 2 rings (SSSR count). The van der Waals surface area contributed by atoms with Gasteiger partial charge < -0.3 is 15.0 Å². The Morgan fingerprint density at radius 2 is 1.90 bits per heavy atom. The van der Waals surface area contributed by atoms with E-state index in [-0.39, 0.29) is 6.09 Å². The summed E-state index contributed by atoms with van der Waals surface area (Å²) in [6.07, 6.45) is 3.76. The Morgan fingerprint density at radius 1 is 1.20 bits per heavy atom. The van der Waals surface area contributed by atoms with Crippen molar-refractivity contribution < 1.29 is 9.53 Å². The first-order valence-corrected chi connectivity index (χ1v) is 7.88. The van der Waals surface area contributed by atoms with Crippen molar-refractivity contribution in [2.75, 3.05) is 39.3 Å². The molecule has 20 heavy (non-hydrogen) atoms. The molecule has 0 unspecified atom stereocenters. The van der Waals surface area contributed by atoms with Crippen LogP contribution in [0.2, 0.25) is 0 Å². The SMILES string of the molecule is CC(C)(C)OC(=O)N1CCN(C[C@H]2CCCCN2)CC1. The van der Waals surface area contributed by atoms with Gasteiger partial charge in [-0.15, -0.1) is 0 Å². The van der Waals surface area contributed by atoms with Gasteiger partial charge in [0, 0.05) is 38.8 Å². The highest BCUT2D eigenvalue weighted by atomic mass is 16.6. The lowest BCUT2D eigenvalue weighted by atomic mass is 10.0. The molecule has 5 heteroatoms. The molecule has 0 aromatic carbocycles. The van der Waals surface area contributed by atoms with Crippen LogP contribution in [0.25, 0.3) is 0 Å². The van der Waals surface area contributed by atoms with Gasteiger partial charge in [0.05, 0.1) is 0 Å². The molecule has 1 amide bonds. The number of ether oxygens (including phenoxy) is 1. The molecule has 116 valence electrons. The largest absolute Gasteiger partial charge is 0.444 e.